The largest absolute Gasteiger partial charge is 0.419 e. The molecule has 0 saturated heterocycles. The van der Waals surface area contributed by atoms with Gasteiger partial charge in [0.2, 0.25) is 0 Å². The van der Waals surface area contributed by atoms with Gasteiger partial charge in [-0.3, -0.25) is 0 Å². The lowest BCUT2D eigenvalue weighted by atomic mass is 10.2. The van der Waals surface area contributed by atoms with Crippen molar-refractivity contribution in [2.75, 3.05) is 0 Å². The second-order valence-corrected chi connectivity index (χ2v) is 3.52. The van der Waals surface area contributed by atoms with Crippen LogP contribution in [0, 0.1) is 9.52 Å². The summed E-state index contributed by atoms with van der Waals surface area (Å²) in [5.41, 5.74) is -2.81. The van der Waals surface area contributed by atoms with E-state index in [-0.39, 0.29) is 6.07 Å². The van der Waals surface area contributed by atoms with Gasteiger partial charge in [0.1, 0.15) is 9.39 Å². The Balaban J connectivity index is 3.38. The normalized spacial score (nSPS) is 12.3. The summed E-state index contributed by atoms with van der Waals surface area (Å²) in [5.74, 6) is -1.63. The van der Waals surface area contributed by atoms with E-state index in [0.29, 0.717) is 0 Å². The number of pyridine rings is 1. The average Bonchev–Trinajstić information content (AvgIpc) is 2.06. The van der Waals surface area contributed by atoms with Gasteiger partial charge in [-0.15, -0.1) is 0 Å². The summed E-state index contributed by atoms with van der Waals surface area (Å²) in [6.07, 6.45) is -8.17. The lowest BCUT2D eigenvalue weighted by Crippen LogP contribution is -2.12. The quantitative estimate of drug-likeness (QED) is 0.430. The first-order chi connectivity index (χ1) is 6.73. The molecule has 0 radical (unpaired) electrons. The minimum Gasteiger partial charge on any atom is -0.238 e. The minimum absolute atomic E-state index is 0.0160. The second-order valence-electron chi connectivity index (χ2n) is 2.50. The van der Waals surface area contributed by atoms with Crippen molar-refractivity contribution in [3.05, 3.63) is 26.8 Å². The Bertz CT molecular complexity index is 374. The molecule has 0 atom stereocenters. The van der Waals surface area contributed by atoms with Crippen molar-refractivity contribution in [3.63, 3.8) is 0 Å². The highest BCUT2D eigenvalue weighted by atomic mass is 127. The summed E-state index contributed by atoms with van der Waals surface area (Å²) < 4.78 is 72.8. The number of alkyl halides is 5. The van der Waals surface area contributed by atoms with Gasteiger partial charge in [-0.2, -0.15) is 13.2 Å². The molecule has 0 aliphatic carbocycles. The Labute approximate surface area is 93.6 Å². The van der Waals surface area contributed by atoms with Crippen molar-refractivity contribution in [2.45, 2.75) is 12.6 Å². The first kappa shape index (κ1) is 12.5. The minimum atomic E-state index is -5.00. The van der Waals surface area contributed by atoms with Crippen LogP contribution < -0.4 is 0 Å². The molecule has 0 aromatic carbocycles. The van der Waals surface area contributed by atoms with Gasteiger partial charge in [0.05, 0.1) is 5.56 Å². The molecule has 1 nitrogen and oxygen atoms in total. The molecule has 8 heteroatoms. The van der Waals surface area contributed by atoms with Crippen molar-refractivity contribution in [2.24, 2.45) is 0 Å². The Kier molecular flexibility index (Phi) is 3.46. The second kappa shape index (κ2) is 4.14. The number of rotatable bonds is 1. The number of aromatic nitrogens is 1. The molecule has 0 N–H and O–H groups in total. The van der Waals surface area contributed by atoms with Crippen molar-refractivity contribution in [3.8, 4) is 0 Å². The SMILES string of the molecule is Fc1c(C(F)(F)F)cc(C(F)F)nc1I. The summed E-state index contributed by atoms with van der Waals surface area (Å²) >= 11 is 1.13. The van der Waals surface area contributed by atoms with Crippen LogP contribution in [0.25, 0.3) is 0 Å². The lowest BCUT2D eigenvalue weighted by molar-refractivity contribution is -0.140. The van der Waals surface area contributed by atoms with E-state index < -0.39 is 33.4 Å². The molecule has 1 rings (SSSR count). The molecule has 1 aromatic rings. The van der Waals surface area contributed by atoms with Gasteiger partial charge in [-0.25, -0.2) is 18.2 Å². The molecule has 0 amide bonds. The van der Waals surface area contributed by atoms with E-state index in [4.69, 9.17) is 0 Å². The predicted molar refractivity (Wildman–Crippen MR) is 46.9 cm³/mol. The molecular formula is C7H2F6IN. The third kappa shape index (κ3) is 2.73. The molecule has 0 bridgehead atoms. The van der Waals surface area contributed by atoms with E-state index >= 15 is 0 Å². The zero-order valence-electron chi connectivity index (χ0n) is 6.75. The molecular weight excluding hydrogens is 339 g/mol. The first-order valence-corrected chi connectivity index (χ1v) is 4.52. The molecule has 0 saturated carbocycles. The van der Waals surface area contributed by atoms with Crippen LogP contribution in [0.15, 0.2) is 6.07 Å². The van der Waals surface area contributed by atoms with Gasteiger partial charge < -0.3 is 0 Å². The molecule has 0 aliphatic rings. The Morgan fingerprint density at radius 1 is 1.27 bits per heavy atom. The predicted octanol–water partition coefficient (Wildman–Crippen LogP) is 3.78. The standard InChI is InChI=1S/C7H2F6IN/c8-4-2(7(11,12)13)1-3(5(9)10)15-6(4)14/h1,5H. The fourth-order valence-electron chi connectivity index (χ4n) is 0.835. The van der Waals surface area contributed by atoms with E-state index in [2.05, 4.69) is 4.98 Å². The van der Waals surface area contributed by atoms with Gasteiger partial charge in [0.25, 0.3) is 6.43 Å². The van der Waals surface area contributed by atoms with E-state index in [1.807, 2.05) is 0 Å². The van der Waals surface area contributed by atoms with Gasteiger partial charge in [0, 0.05) is 0 Å². The van der Waals surface area contributed by atoms with Crippen LogP contribution >= 0.6 is 22.6 Å². The molecule has 0 fully saturated rings. The van der Waals surface area contributed by atoms with Crippen molar-refractivity contribution >= 4 is 22.6 Å². The Morgan fingerprint density at radius 2 is 1.80 bits per heavy atom. The summed E-state index contributed by atoms with van der Waals surface area (Å²) in [6, 6.07) is 0.0160. The highest BCUT2D eigenvalue weighted by molar-refractivity contribution is 14.1. The highest BCUT2D eigenvalue weighted by Gasteiger charge is 2.36. The van der Waals surface area contributed by atoms with Crippen LogP contribution in [0.2, 0.25) is 0 Å². The molecule has 0 spiro atoms. The maximum Gasteiger partial charge on any atom is 0.419 e. The Hall–Kier alpha value is -0.540. The molecule has 1 aromatic heterocycles. The van der Waals surface area contributed by atoms with Crippen molar-refractivity contribution in [1.29, 1.82) is 0 Å². The van der Waals surface area contributed by atoms with Gasteiger partial charge >= 0.3 is 6.18 Å². The molecule has 0 unspecified atom stereocenters. The molecule has 0 aliphatic heterocycles. The molecule has 84 valence electrons. The van der Waals surface area contributed by atoms with Crippen LogP contribution in [0.5, 0.6) is 0 Å². The maximum atomic E-state index is 12.9. The van der Waals surface area contributed by atoms with Crippen LogP contribution in [-0.2, 0) is 6.18 Å². The van der Waals surface area contributed by atoms with E-state index in [9.17, 15) is 26.3 Å². The van der Waals surface area contributed by atoms with Crippen LogP contribution in [-0.4, -0.2) is 4.98 Å². The zero-order chi connectivity index (χ0) is 11.8. The summed E-state index contributed by atoms with van der Waals surface area (Å²) in [4.78, 5) is 3.01. The van der Waals surface area contributed by atoms with Gasteiger partial charge in [0.15, 0.2) is 5.82 Å². The topological polar surface area (TPSA) is 12.9 Å². The van der Waals surface area contributed by atoms with E-state index in [0.717, 1.165) is 22.6 Å². The van der Waals surface area contributed by atoms with Crippen LogP contribution in [0.3, 0.4) is 0 Å². The maximum absolute atomic E-state index is 12.9. The highest BCUT2D eigenvalue weighted by Crippen LogP contribution is 2.34. The van der Waals surface area contributed by atoms with E-state index in [1.165, 1.54) is 0 Å². The zero-order valence-corrected chi connectivity index (χ0v) is 8.91. The fourth-order valence-corrected chi connectivity index (χ4v) is 1.40. The lowest BCUT2D eigenvalue weighted by Gasteiger charge is -2.10. The summed E-state index contributed by atoms with van der Waals surface area (Å²) in [7, 11) is 0. The molecule has 1 heterocycles. The first-order valence-electron chi connectivity index (χ1n) is 3.44. The molecule has 15 heavy (non-hydrogen) atoms. The number of nitrogens with zero attached hydrogens (tertiary/aromatic N) is 1. The average molecular weight is 341 g/mol. The van der Waals surface area contributed by atoms with Crippen LogP contribution in [0.1, 0.15) is 17.7 Å². The fraction of sp³-hybridized carbons (Fsp3) is 0.286. The number of hydrogen-bond donors (Lipinski definition) is 0. The van der Waals surface area contributed by atoms with Crippen LogP contribution in [0.4, 0.5) is 26.3 Å². The third-order valence-electron chi connectivity index (χ3n) is 1.47. The van der Waals surface area contributed by atoms with Gasteiger partial charge in [-0.1, -0.05) is 0 Å². The summed E-state index contributed by atoms with van der Waals surface area (Å²) in [6.45, 7) is 0. The summed E-state index contributed by atoms with van der Waals surface area (Å²) in [5, 5.41) is 0. The van der Waals surface area contributed by atoms with Crippen molar-refractivity contribution < 1.29 is 26.3 Å². The van der Waals surface area contributed by atoms with Crippen molar-refractivity contribution in [1.82, 2.24) is 4.98 Å². The Morgan fingerprint density at radius 3 is 2.20 bits per heavy atom. The third-order valence-corrected chi connectivity index (χ3v) is 2.18. The number of hydrogen-bond acceptors (Lipinski definition) is 1. The number of halogens is 7. The van der Waals surface area contributed by atoms with E-state index in [1.54, 1.807) is 0 Å². The monoisotopic (exact) mass is 341 g/mol. The smallest absolute Gasteiger partial charge is 0.238 e. The van der Waals surface area contributed by atoms with Gasteiger partial charge in [-0.05, 0) is 28.7 Å².